The second-order valence-electron chi connectivity index (χ2n) is 7.13. The predicted octanol–water partition coefficient (Wildman–Crippen LogP) is 5.14. The monoisotopic (exact) mass is 449 g/mol. The van der Waals surface area contributed by atoms with Gasteiger partial charge in [0.25, 0.3) is 5.56 Å². The number of para-hydroxylation sites is 1. The number of halogens is 1. The summed E-state index contributed by atoms with van der Waals surface area (Å²) in [6.45, 7) is 2.34. The summed E-state index contributed by atoms with van der Waals surface area (Å²) in [5, 5.41) is 4.56. The number of hydrogen-bond acceptors (Lipinski definition) is 4. The van der Waals surface area contributed by atoms with Crippen LogP contribution >= 0.6 is 23.4 Å². The average molecular weight is 450 g/mol. The molecule has 0 aliphatic carbocycles. The Morgan fingerprint density at radius 2 is 1.74 bits per heavy atom. The Hall–Kier alpha value is -3.09. The zero-order chi connectivity index (χ0) is 21.8. The normalized spacial score (nSPS) is 10.9. The van der Waals surface area contributed by atoms with Crippen molar-refractivity contribution in [3.8, 4) is 0 Å². The molecule has 4 aromatic rings. The van der Waals surface area contributed by atoms with E-state index in [1.165, 1.54) is 11.8 Å². The highest BCUT2D eigenvalue weighted by Gasteiger charge is 2.14. The molecule has 7 heteroatoms. The van der Waals surface area contributed by atoms with E-state index in [1.807, 2.05) is 55.5 Å². The van der Waals surface area contributed by atoms with Gasteiger partial charge in [-0.3, -0.25) is 14.2 Å². The summed E-state index contributed by atoms with van der Waals surface area (Å²) in [4.78, 5) is 30.3. The van der Waals surface area contributed by atoms with Crippen LogP contribution in [0.2, 0.25) is 5.02 Å². The molecule has 0 saturated heterocycles. The second kappa shape index (κ2) is 9.37. The number of benzene rings is 3. The van der Waals surface area contributed by atoms with Gasteiger partial charge in [-0.15, -0.1) is 0 Å². The number of thioether (sulfide) groups is 1. The Kier molecular flexibility index (Phi) is 6.39. The Bertz CT molecular complexity index is 1290. The third-order valence-electron chi connectivity index (χ3n) is 4.75. The zero-order valence-corrected chi connectivity index (χ0v) is 18.4. The van der Waals surface area contributed by atoms with E-state index in [9.17, 15) is 9.59 Å². The maximum atomic E-state index is 13.2. The molecule has 1 N–H and O–H groups in total. The third-order valence-corrected chi connectivity index (χ3v) is 5.98. The number of carbonyl (C=O) groups is 1. The van der Waals surface area contributed by atoms with E-state index in [1.54, 1.807) is 28.8 Å². The van der Waals surface area contributed by atoms with Crippen molar-refractivity contribution in [1.29, 1.82) is 0 Å². The third kappa shape index (κ3) is 5.16. The molecule has 0 spiro atoms. The van der Waals surface area contributed by atoms with Gasteiger partial charge in [0.2, 0.25) is 5.91 Å². The van der Waals surface area contributed by atoms with Crippen LogP contribution in [0.4, 0.5) is 5.69 Å². The summed E-state index contributed by atoms with van der Waals surface area (Å²) in [5.41, 5.74) is 3.26. The standard InChI is InChI=1S/C24H20ClN3O2S/c1-16-6-12-19(13-7-16)26-22(29)15-31-24-27-21-5-3-2-4-20(21)23(30)28(24)14-17-8-10-18(25)11-9-17/h2-13H,14-15H2,1H3,(H,26,29). The molecule has 31 heavy (non-hydrogen) atoms. The molecule has 5 nitrogen and oxygen atoms in total. The lowest BCUT2D eigenvalue weighted by Crippen LogP contribution is -2.24. The van der Waals surface area contributed by atoms with Crippen molar-refractivity contribution >= 4 is 45.9 Å². The Balaban J connectivity index is 1.60. The van der Waals surface area contributed by atoms with Crippen LogP contribution in [0.5, 0.6) is 0 Å². The van der Waals surface area contributed by atoms with Gasteiger partial charge >= 0.3 is 0 Å². The maximum absolute atomic E-state index is 13.2. The largest absolute Gasteiger partial charge is 0.325 e. The van der Waals surface area contributed by atoms with Crippen LogP contribution in [0, 0.1) is 6.92 Å². The molecule has 4 rings (SSSR count). The van der Waals surface area contributed by atoms with Gasteiger partial charge in [0.1, 0.15) is 0 Å². The van der Waals surface area contributed by atoms with Crippen LogP contribution in [-0.2, 0) is 11.3 Å². The Morgan fingerprint density at radius 1 is 1.03 bits per heavy atom. The van der Waals surface area contributed by atoms with Crippen molar-refractivity contribution in [3.63, 3.8) is 0 Å². The minimum absolute atomic E-state index is 0.137. The second-order valence-corrected chi connectivity index (χ2v) is 8.51. The van der Waals surface area contributed by atoms with Crippen molar-refractivity contribution in [2.45, 2.75) is 18.6 Å². The molecule has 0 unspecified atom stereocenters. The van der Waals surface area contributed by atoms with Crippen LogP contribution in [0.25, 0.3) is 10.9 Å². The number of aryl methyl sites for hydroxylation is 1. The van der Waals surface area contributed by atoms with E-state index in [-0.39, 0.29) is 17.2 Å². The van der Waals surface area contributed by atoms with E-state index in [4.69, 9.17) is 11.6 Å². The van der Waals surface area contributed by atoms with Crippen LogP contribution in [0.15, 0.2) is 82.7 Å². The van der Waals surface area contributed by atoms with E-state index in [2.05, 4.69) is 10.3 Å². The van der Waals surface area contributed by atoms with Crippen molar-refractivity contribution < 1.29 is 4.79 Å². The van der Waals surface area contributed by atoms with Crippen molar-refractivity contribution in [2.75, 3.05) is 11.1 Å². The molecule has 1 amide bonds. The van der Waals surface area contributed by atoms with Crippen molar-refractivity contribution in [2.24, 2.45) is 0 Å². The van der Waals surface area contributed by atoms with Crippen LogP contribution in [0.3, 0.4) is 0 Å². The predicted molar refractivity (Wildman–Crippen MR) is 127 cm³/mol. The first-order chi connectivity index (χ1) is 15.0. The molecule has 1 heterocycles. The summed E-state index contributed by atoms with van der Waals surface area (Å²) in [5.74, 6) is -0.0199. The Labute approximate surface area is 189 Å². The van der Waals surface area contributed by atoms with Gasteiger partial charge in [-0.1, -0.05) is 65.3 Å². The molecule has 0 bridgehead atoms. The maximum Gasteiger partial charge on any atom is 0.262 e. The minimum atomic E-state index is -0.158. The highest BCUT2D eigenvalue weighted by Crippen LogP contribution is 2.20. The summed E-state index contributed by atoms with van der Waals surface area (Å²) >= 11 is 7.23. The quantitative estimate of drug-likeness (QED) is 0.327. The number of aromatic nitrogens is 2. The minimum Gasteiger partial charge on any atom is -0.325 e. The number of rotatable bonds is 6. The van der Waals surface area contributed by atoms with Gasteiger partial charge in [0, 0.05) is 10.7 Å². The highest BCUT2D eigenvalue weighted by atomic mass is 35.5. The van der Waals surface area contributed by atoms with E-state index in [0.29, 0.717) is 27.6 Å². The number of hydrogen-bond donors (Lipinski definition) is 1. The highest BCUT2D eigenvalue weighted by molar-refractivity contribution is 7.99. The molecule has 3 aromatic carbocycles. The molecule has 0 saturated carbocycles. The van der Waals surface area contributed by atoms with Crippen LogP contribution < -0.4 is 10.9 Å². The van der Waals surface area contributed by atoms with Gasteiger partial charge in [0.15, 0.2) is 5.16 Å². The van der Waals surface area contributed by atoms with Crippen molar-refractivity contribution in [3.05, 3.63) is 99.3 Å². The smallest absolute Gasteiger partial charge is 0.262 e. The number of nitrogens with one attached hydrogen (secondary N) is 1. The fraction of sp³-hybridized carbons (Fsp3) is 0.125. The van der Waals surface area contributed by atoms with E-state index < -0.39 is 0 Å². The molecule has 0 radical (unpaired) electrons. The van der Waals surface area contributed by atoms with E-state index >= 15 is 0 Å². The number of nitrogens with zero attached hydrogens (tertiary/aromatic N) is 2. The molecule has 0 aliphatic heterocycles. The first-order valence-electron chi connectivity index (χ1n) is 9.73. The summed E-state index contributed by atoms with van der Waals surface area (Å²) in [7, 11) is 0. The van der Waals surface area contributed by atoms with Gasteiger partial charge in [0.05, 0.1) is 23.2 Å². The number of fused-ring (bicyclic) bond motifs is 1. The SMILES string of the molecule is Cc1ccc(NC(=O)CSc2nc3ccccc3c(=O)n2Cc2ccc(Cl)cc2)cc1. The lowest BCUT2D eigenvalue weighted by atomic mass is 10.2. The first-order valence-corrected chi connectivity index (χ1v) is 11.1. The molecular weight excluding hydrogens is 430 g/mol. The van der Waals surface area contributed by atoms with Crippen LogP contribution in [0.1, 0.15) is 11.1 Å². The lowest BCUT2D eigenvalue weighted by Gasteiger charge is -2.13. The molecular formula is C24H20ClN3O2S. The summed E-state index contributed by atoms with van der Waals surface area (Å²) < 4.78 is 1.61. The molecule has 156 valence electrons. The van der Waals surface area contributed by atoms with Gasteiger partial charge in [-0.25, -0.2) is 4.98 Å². The average Bonchev–Trinajstić information content (AvgIpc) is 2.77. The van der Waals surface area contributed by atoms with Crippen molar-refractivity contribution in [1.82, 2.24) is 9.55 Å². The molecule has 0 aliphatic rings. The van der Waals surface area contributed by atoms with Crippen LogP contribution in [-0.4, -0.2) is 21.2 Å². The number of anilines is 1. The molecule has 0 fully saturated rings. The Morgan fingerprint density at radius 3 is 2.48 bits per heavy atom. The summed E-state index contributed by atoms with van der Waals surface area (Å²) in [6.07, 6.45) is 0. The summed E-state index contributed by atoms with van der Waals surface area (Å²) in [6, 6.07) is 22.2. The fourth-order valence-corrected chi connectivity index (χ4v) is 4.06. The number of carbonyl (C=O) groups excluding carboxylic acids is 1. The lowest BCUT2D eigenvalue weighted by molar-refractivity contribution is -0.113. The molecule has 0 atom stereocenters. The number of amides is 1. The van der Waals surface area contributed by atoms with E-state index in [0.717, 1.165) is 16.8 Å². The molecule has 1 aromatic heterocycles. The van der Waals surface area contributed by atoms with Gasteiger partial charge in [-0.05, 0) is 48.9 Å². The topological polar surface area (TPSA) is 64.0 Å². The first kappa shape index (κ1) is 21.2. The zero-order valence-electron chi connectivity index (χ0n) is 16.8. The van der Waals surface area contributed by atoms with Gasteiger partial charge in [-0.2, -0.15) is 0 Å². The van der Waals surface area contributed by atoms with Gasteiger partial charge < -0.3 is 5.32 Å². The fourth-order valence-electron chi connectivity index (χ4n) is 3.13.